The molecule has 1 N–H and O–H groups in total. The van der Waals surface area contributed by atoms with E-state index in [2.05, 4.69) is 0 Å². The van der Waals surface area contributed by atoms with Crippen molar-refractivity contribution < 1.29 is 19.4 Å². The fraction of sp³-hybridized carbons (Fsp3) is 0.333. The molecule has 0 saturated carbocycles. The van der Waals surface area contributed by atoms with Gasteiger partial charge in [0.2, 0.25) is 0 Å². The van der Waals surface area contributed by atoms with Gasteiger partial charge in [0, 0.05) is 31.7 Å². The molecule has 0 unspecified atom stereocenters. The van der Waals surface area contributed by atoms with Gasteiger partial charge in [-0.1, -0.05) is 18.2 Å². The van der Waals surface area contributed by atoms with E-state index in [0.717, 1.165) is 16.9 Å². The molecule has 2 amide bonds. The topological polar surface area (TPSA) is 70.1 Å². The van der Waals surface area contributed by atoms with E-state index in [1.165, 1.54) is 12.1 Å². The largest absolute Gasteiger partial charge is 0.508 e. The summed E-state index contributed by atoms with van der Waals surface area (Å²) in [7, 11) is 0. The molecule has 2 aromatic rings. The second kappa shape index (κ2) is 8.12. The summed E-state index contributed by atoms with van der Waals surface area (Å²) in [6.07, 6.45) is 0. The van der Waals surface area contributed by atoms with Crippen LogP contribution in [0.2, 0.25) is 0 Å². The lowest BCUT2D eigenvalue weighted by Crippen LogP contribution is -2.51. The Hall–Kier alpha value is -3.02. The highest BCUT2D eigenvalue weighted by molar-refractivity contribution is 5.94. The summed E-state index contributed by atoms with van der Waals surface area (Å²) in [5.74, 6) is 0.573. The Labute approximate surface area is 159 Å². The smallest absolute Gasteiger partial charge is 0.260 e. The summed E-state index contributed by atoms with van der Waals surface area (Å²) in [5.41, 5.74) is 2.61. The maximum Gasteiger partial charge on any atom is 0.260 e. The summed E-state index contributed by atoms with van der Waals surface area (Å²) < 4.78 is 5.69. The molecule has 6 heteroatoms. The summed E-state index contributed by atoms with van der Waals surface area (Å²) in [6, 6.07) is 12.1. The molecule has 0 aromatic heterocycles. The Bertz CT molecular complexity index is 842. The van der Waals surface area contributed by atoms with Crippen LogP contribution in [0.1, 0.15) is 21.5 Å². The van der Waals surface area contributed by atoms with Crippen LogP contribution in [0.3, 0.4) is 0 Å². The molecular formula is C21H24N2O4. The first-order chi connectivity index (χ1) is 13.0. The standard InChI is InChI=1S/C21H24N2O4/c1-15-5-3-8-19(16(15)2)27-14-20(25)22-9-11-23(12-10-22)21(26)17-6-4-7-18(24)13-17/h3-8,13,24H,9-12,14H2,1-2H3. The Morgan fingerprint density at radius 1 is 1.00 bits per heavy atom. The lowest BCUT2D eigenvalue weighted by atomic mass is 10.1. The molecule has 1 saturated heterocycles. The Kier molecular flexibility index (Phi) is 5.64. The predicted molar refractivity (Wildman–Crippen MR) is 102 cm³/mol. The summed E-state index contributed by atoms with van der Waals surface area (Å²) >= 11 is 0. The zero-order valence-corrected chi connectivity index (χ0v) is 15.6. The van der Waals surface area contributed by atoms with Crippen molar-refractivity contribution in [1.82, 2.24) is 9.80 Å². The van der Waals surface area contributed by atoms with E-state index in [1.54, 1.807) is 21.9 Å². The lowest BCUT2D eigenvalue weighted by molar-refractivity contribution is -0.134. The number of aromatic hydroxyl groups is 1. The van der Waals surface area contributed by atoms with Crippen molar-refractivity contribution in [3.8, 4) is 11.5 Å². The van der Waals surface area contributed by atoms with Gasteiger partial charge < -0.3 is 19.6 Å². The number of phenolic OH excluding ortho intramolecular Hbond substituents is 1. The maximum atomic E-state index is 12.5. The molecule has 142 valence electrons. The Morgan fingerprint density at radius 2 is 1.67 bits per heavy atom. The third-order valence-electron chi connectivity index (χ3n) is 4.92. The van der Waals surface area contributed by atoms with Crippen LogP contribution in [-0.2, 0) is 4.79 Å². The van der Waals surface area contributed by atoms with Crippen molar-refractivity contribution >= 4 is 11.8 Å². The van der Waals surface area contributed by atoms with Crippen LogP contribution in [0.15, 0.2) is 42.5 Å². The van der Waals surface area contributed by atoms with E-state index in [9.17, 15) is 14.7 Å². The maximum absolute atomic E-state index is 12.5. The molecule has 1 heterocycles. The minimum Gasteiger partial charge on any atom is -0.508 e. The molecular weight excluding hydrogens is 344 g/mol. The average molecular weight is 368 g/mol. The van der Waals surface area contributed by atoms with Crippen LogP contribution in [-0.4, -0.2) is 59.5 Å². The SMILES string of the molecule is Cc1cccc(OCC(=O)N2CCN(C(=O)c3cccc(O)c3)CC2)c1C. The highest BCUT2D eigenvalue weighted by Crippen LogP contribution is 2.20. The Morgan fingerprint density at radius 3 is 2.37 bits per heavy atom. The van der Waals surface area contributed by atoms with Crippen molar-refractivity contribution in [2.75, 3.05) is 32.8 Å². The van der Waals surface area contributed by atoms with Gasteiger partial charge in [-0.2, -0.15) is 0 Å². The minimum absolute atomic E-state index is 0.00913. The number of amides is 2. The van der Waals surface area contributed by atoms with E-state index in [0.29, 0.717) is 31.7 Å². The third kappa shape index (κ3) is 4.39. The number of phenols is 1. The highest BCUT2D eigenvalue weighted by Gasteiger charge is 2.25. The summed E-state index contributed by atoms with van der Waals surface area (Å²) in [4.78, 5) is 28.3. The van der Waals surface area contributed by atoms with Crippen LogP contribution in [0, 0.1) is 13.8 Å². The number of hydrogen-bond acceptors (Lipinski definition) is 4. The van der Waals surface area contributed by atoms with E-state index >= 15 is 0 Å². The number of carbonyl (C=O) groups excluding carboxylic acids is 2. The van der Waals surface area contributed by atoms with Crippen LogP contribution < -0.4 is 4.74 Å². The van der Waals surface area contributed by atoms with E-state index in [1.807, 2.05) is 32.0 Å². The molecule has 0 aliphatic carbocycles. The number of rotatable bonds is 4. The van der Waals surface area contributed by atoms with Gasteiger partial charge in [0.1, 0.15) is 11.5 Å². The van der Waals surface area contributed by atoms with Gasteiger partial charge in [-0.15, -0.1) is 0 Å². The summed E-state index contributed by atoms with van der Waals surface area (Å²) in [6.45, 7) is 5.84. The number of carbonyl (C=O) groups is 2. The Balaban J connectivity index is 1.52. The quantitative estimate of drug-likeness (QED) is 0.900. The average Bonchev–Trinajstić information content (AvgIpc) is 2.68. The molecule has 2 aromatic carbocycles. The van der Waals surface area contributed by atoms with Gasteiger partial charge in [0.05, 0.1) is 0 Å². The van der Waals surface area contributed by atoms with E-state index in [-0.39, 0.29) is 24.2 Å². The third-order valence-corrected chi connectivity index (χ3v) is 4.92. The number of aryl methyl sites for hydroxylation is 1. The molecule has 1 aliphatic heterocycles. The number of piperazine rings is 1. The molecule has 3 rings (SSSR count). The second-order valence-electron chi connectivity index (χ2n) is 6.71. The van der Waals surface area contributed by atoms with E-state index in [4.69, 9.17) is 4.74 Å². The van der Waals surface area contributed by atoms with Gasteiger partial charge in [-0.25, -0.2) is 0 Å². The van der Waals surface area contributed by atoms with Crippen molar-refractivity contribution in [2.24, 2.45) is 0 Å². The van der Waals surface area contributed by atoms with Crippen molar-refractivity contribution in [3.05, 3.63) is 59.2 Å². The van der Waals surface area contributed by atoms with Gasteiger partial charge in [0.25, 0.3) is 11.8 Å². The van der Waals surface area contributed by atoms with E-state index < -0.39 is 0 Å². The summed E-state index contributed by atoms with van der Waals surface area (Å²) in [5, 5.41) is 9.53. The van der Waals surface area contributed by atoms with Gasteiger partial charge in [0.15, 0.2) is 6.61 Å². The van der Waals surface area contributed by atoms with Crippen LogP contribution >= 0.6 is 0 Å². The molecule has 1 fully saturated rings. The van der Waals surface area contributed by atoms with Crippen molar-refractivity contribution in [3.63, 3.8) is 0 Å². The van der Waals surface area contributed by atoms with Gasteiger partial charge >= 0.3 is 0 Å². The lowest BCUT2D eigenvalue weighted by Gasteiger charge is -2.34. The van der Waals surface area contributed by atoms with Gasteiger partial charge in [-0.3, -0.25) is 9.59 Å². The monoisotopic (exact) mass is 368 g/mol. The zero-order valence-electron chi connectivity index (χ0n) is 15.6. The fourth-order valence-corrected chi connectivity index (χ4v) is 3.09. The molecule has 27 heavy (non-hydrogen) atoms. The fourth-order valence-electron chi connectivity index (χ4n) is 3.09. The normalized spacial score (nSPS) is 14.1. The van der Waals surface area contributed by atoms with Crippen LogP contribution in [0.25, 0.3) is 0 Å². The first kappa shape index (κ1) is 18.8. The first-order valence-corrected chi connectivity index (χ1v) is 9.01. The molecule has 0 spiro atoms. The minimum atomic E-state index is -0.135. The number of nitrogens with zero attached hydrogens (tertiary/aromatic N) is 2. The number of benzene rings is 2. The predicted octanol–water partition coefficient (Wildman–Crippen LogP) is 2.37. The first-order valence-electron chi connectivity index (χ1n) is 9.01. The number of hydrogen-bond donors (Lipinski definition) is 1. The second-order valence-corrected chi connectivity index (χ2v) is 6.71. The number of ether oxygens (including phenoxy) is 1. The molecule has 1 aliphatic rings. The van der Waals surface area contributed by atoms with Crippen molar-refractivity contribution in [2.45, 2.75) is 13.8 Å². The van der Waals surface area contributed by atoms with Crippen LogP contribution in [0.5, 0.6) is 11.5 Å². The zero-order chi connectivity index (χ0) is 19.4. The molecule has 0 bridgehead atoms. The highest BCUT2D eigenvalue weighted by atomic mass is 16.5. The van der Waals surface area contributed by atoms with Crippen LogP contribution in [0.4, 0.5) is 0 Å². The van der Waals surface area contributed by atoms with Crippen molar-refractivity contribution in [1.29, 1.82) is 0 Å². The molecule has 0 atom stereocenters. The van der Waals surface area contributed by atoms with Gasteiger partial charge in [-0.05, 0) is 49.2 Å². The molecule has 0 radical (unpaired) electrons. The molecule has 6 nitrogen and oxygen atoms in total.